The molecule has 2 rings (SSSR count). The van der Waals surface area contributed by atoms with Gasteiger partial charge in [-0.3, -0.25) is 4.98 Å². The maximum absolute atomic E-state index is 5.92. The fourth-order valence-electron chi connectivity index (χ4n) is 1.37. The Hall–Kier alpha value is -1.84. The van der Waals surface area contributed by atoms with Crippen molar-refractivity contribution in [3.05, 3.63) is 30.9 Å². The molecule has 2 aromatic rings. The third kappa shape index (κ3) is 1.35. The molecule has 4 nitrogen and oxygen atoms in total. The number of anilines is 1. The number of nitrogen functional groups attached to an aromatic ring is 1. The number of nitrogens with zero attached hydrogens (tertiary/aromatic N) is 3. The lowest BCUT2D eigenvalue weighted by atomic mass is 10.2. The van der Waals surface area contributed by atoms with Crippen molar-refractivity contribution >= 4 is 5.82 Å². The number of hydrogen-bond acceptors (Lipinski definition) is 3. The normalized spacial score (nSPS) is 10.4. The minimum atomic E-state index is 0.695. The topological polar surface area (TPSA) is 56.7 Å². The minimum absolute atomic E-state index is 0.695. The summed E-state index contributed by atoms with van der Waals surface area (Å²) < 4.78 is 1.91. The van der Waals surface area contributed by atoms with Crippen LogP contribution in [0.3, 0.4) is 0 Å². The van der Waals surface area contributed by atoms with Gasteiger partial charge in [-0.1, -0.05) is 0 Å². The van der Waals surface area contributed by atoms with E-state index in [0.717, 1.165) is 17.8 Å². The van der Waals surface area contributed by atoms with Gasteiger partial charge in [-0.25, -0.2) is 4.98 Å². The Morgan fingerprint density at radius 2 is 2.36 bits per heavy atom. The smallest absolute Gasteiger partial charge is 0.131 e. The lowest BCUT2D eigenvalue weighted by Crippen LogP contribution is -1.99. The zero-order valence-corrected chi connectivity index (χ0v) is 8.01. The van der Waals surface area contributed by atoms with Crippen LogP contribution in [0.4, 0.5) is 5.82 Å². The van der Waals surface area contributed by atoms with Crippen LogP contribution in [0, 0.1) is 0 Å². The standard InChI is InChI=1S/C10H12N4/c1-2-14-7-13-9(10(14)11)8-4-3-5-12-6-8/h3-7H,2,11H2,1H3. The number of nitrogens with two attached hydrogens (primary N) is 1. The van der Waals surface area contributed by atoms with Crippen LogP contribution in [-0.4, -0.2) is 14.5 Å². The van der Waals surface area contributed by atoms with Crippen molar-refractivity contribution < 1.29 is 0 Å². The second-order valence-corrected chi connectivity index (χ2v) is 3.01. The summed E-state index contributed by atoms with van der Waals surface area (Å²) in [5, 5.41) is 0. The van der Waals surface area contributed by atoms with E-state index in [1.807, 2.05) is 23.6 Å². The second-order valence-electron chi connectivity index (χ2n) is 3.01. The average Bonchev–Trinajstić information content (AvgIpc) is 2.61. The molecular weight excluding hydrogens is 176 g/mol. The molecule has 0 bridgehead atoms. The first-order valence-electron chi connectivity index (χ1n) is 4.54. The molecule has 0 spiro atoms. The Labute approximate surface area is 82.4 Å². The molecule has 2 aromatic heterocycles. The number of aromatic nitrogens is 3. The Bertz CT molecular complexity index is 419. The summed E-state index contributed by atoms with van der Waals surface area (Å²) in [6.45, 7) is 2.87. The molecule has 0 fully saturated rings. The van der Waals surface area contributed by atoms with Gasteiger partial charge in [-0.2, -0.15) is 0 Å². The molecule has 0 aliphatic rings. The van der Waals surface area contributed by atoms with Crippen molar-refractivity contribution in [2.45, 2.75) is 13.5 Å². The van der Waals surface area contributed by atoms with Crippen molar-refractivity contribution in [3.63, 3.8) is 0 Å². The van der Waals surface area contributed by atoms with Crippen LogP contribution in [-0.2, 0) is 6.54 Å². The summed E-state index contributed by atoms with van der Waals surface area (Å²) >= 11 is 0. The van der Waals surface area contributed by atoms with Gasteiger partial charge in [0.15, 0.2) is 0 Å². The molecule has 0 unspecified atom stereocenters. The first-order chi connectivity index (χ1) is 6.83. The van der Waals surface area contributed by atoms with Crippen molar-refractivity contribution in [2.75, 3.05) is 5.73 Å². The third-order valence-electron chi connectivity index (χ3n) is 2.15. The van der Waals surface area contributed by atoms with E-state index in [4.69, 9.17) is 5.73 Å². The molecule has 0 aliphatic carbocycles. The van der Waals surface area contributed by atoms with Crippen molar-refractivity contribution in [2.24, 2.45) is 0 Å². The van der Waals surface area contributed by atoms with E-state index in [2.05, 4.69) is 9.97 Å². The van der Waals surface area contributed by atoms with Crippen LogP contribution in [0.25, 0.3) is 11.3 Å². The Balaban J connectivity index is 2.48. The zero-order valence-electron chi connectivity index (χ0n) is 8.01. The lowest BCUT2D eigenvalue weighted by Gasteiger charge is -2.01. The number of imidazole rings is 1. The predicted molar refractivity (Wildman–Crippen MR) is 55.5 cm³/mol. The number of aryl methyl sites for hydroxylation is 1. The molecule has 0 amide bonds. The fourth-order valence-corrected chi connectivity index (χ4v) is 1.37. The van der Waals surface area contributed by atoms with Crippen LogP contribution in [0.15, 0.2) is 30.9 Å². The lowest BCUT2D eigenvalue weighted by molar-refractivity contribution is 0.771. The van der Waals surface area contributed by atoms with Crippen molar-refractivity contribution in [1.82, 2.24) is 14.5 Å². The summed E-state index contributed by atoms with van der Waals surface area (Å²) in [6, 6.07) is 3.82. The Kier molecular flexibility index (Phi) is 2.18. The second kappa shape index (κ2) is 3.49. The molecule has 72 valence electrons. The Morgan fingerprint density at radius 1 is 1.50 bits per heavy atom. The van der Waals surface area contributed by atoms with Crippen LogP contribution in [0.5, 0.6) is 0 Å². The average molecular weight is 188 g/mol. The van der Waals surface area contributed by atoms with Gasteiger partial charge in [0.25, 0.3) is 0 Å². The van der Waals surface area contributed by atoms with E-state index in [9.17, 15) is 0 Å². The van der Waals surface area contributed by atoms with Crippen LogP contribution >= 0.6 is 0 Å². The Morgan fingerprint density at radius 3 is 2.93 bits per heavy atom. The summed E-state index contributed by atoms with van der Waals surface area (Å²) in [6.07, 6.45) is 5.24. The van der Waals surface area contributed by atoms with E-state index in [1.165, 1.54) is 0 Å². The van der Waals surface area contributed by atoms with Gasteiger partial charge in [-0.15, -0.1) is 0 Å². The van der Waals surface area contributed by atoms with Gasteiger partial charge in [0.05, 0.1) is 6.33 Å². The molecule has 0 saturated heterocycles. The van der Waals surface area contributed by atoms with Crippen LogP contribution < -0.4 is 5.73 Å². The third-order valence-corrected chi connectivity index (χ3v) is 2.15. The first kappa shape index (κ1) is 8.74. The van der Waals surface area contributed by atoms with Gasteiger partial charge in [-0.05, 0) is 19.1 Å². The highest BCUT2D eigenvalue weighted by molar-refractivity contribution is 5.69. The number of pyridine rings is 1. The molecule has 0 aromatic carbocycles. The number of hydrogen-bond donors (Lipinski definition) is 1. The van der Waals surface area contributed by atoms with Gasteiger partial charge >= 0.3 is 0 Å². The minimum Gasteiger partial charge on any atom is -0.383 e. The van der Waals surface area contributed by atoms with Crippen LogP contribution in [0.2, 0.25) is 0 Å². The first-order valence-corrected chi connectivity index (χ1v) is 4.54. The number of rotatable bonds is 2. The molecule has 0 aliphatic heterocycles. The van der Waals surface area contributed by atoms with Gasteiger partial charge in [0, 0.05) is 24.5 Å². The van der Waals surface area contributed by atoms with E-state index < -0.39 is 0 Å². The highest BCUT2D eigenvalue weighted by atomic mass is 15.1. The zero-order chi connectivity index (χ0) is 9.97. The van der Waals surface area contributed by atoms with E-state index in [-0.39, 0.29) is 0 Å². The molecular formula is C10H12N4. The monoisotopic (exact) mass is 188 g/mol. The summed E-state index contributed by atoms with van der Waals surface area (Å²) in [7, 11) is 0. The molecule has 0 atom stereocenters. The molecule has 2 N–H and O–H groups in total. The highest BCUT2D eigenvalue weighted by Gasteiger charge is 2.07. The molecule has 0 radical (unpaired) electrons. The molecule has 4 heteroatoms. The largest absolute Gasteiger partial charge is 0.383 e. The highest BCUT2D eigenvalue weighted by Crippen LogP contribution is 2.22. The molecule has 0 saturated carbocycles. The van der Waals surface area contributed by atoms with Crippen molar-refractivity contribution in [3.8, 4) is 11.3 Å². The van der Waals surface area contributed by atoms with E-state index in [0.29, 0.717) is 5.82 Å². The summed E-state index contributed by atoms with van der Waals surface area (Å²) in [4.78, 5) is 8.29. The SMILES string of the molecule is CCn1cnc(-c2cccnc2)c1N. The summed E-state index contributed by atoms with van der Waals surface area (Å²) in [5.74, 6) is 0.695. The van der Waals surface area contributed by atoms with E-state index >= 15 is 0 Å². The van der Waals surface area contributed by atoms with Crippen LogP contribution in [0.1, 0.15) is 6.92 Å². The predicted octanol–water partition coefficient (Wildman–Crippen LogP) is 1.55. The quantitative estimate of drug-likeness (QED) is 0.777. The van der Waals surface area contributed by atoms with Gasteiger partial charge in [0.1, 0.15) is 11.5 Å². The van der Waals surface area contributed by atoms with Gasteiger partial charge < -0.3 is 10.3 Å². The fraction of sp³-hybridized carbons (Fsp3) is 0.200. The maximum Gasteiger partial charge on any atom is 0.131 e. The summed E-state index contributed by atoms with van der Waals surface area (Å²) in [5.41, 5.74) is 7.68. The van der Waals surface area contributed by atoms with Crippen molar-refractivity contribution in [1.29, 1.82) is 0 Å². The molecule has 2 heterocycles. The van der Waals surface area contributed by atoms with E-state index in [1.54, 1.807) is 18.7 Å². The van der Waals surface area contributed by atoms with Gasteiger partial charge in [0.2, 0.25) is 0 Å². The maximum atomic E-state index is 5.92. The molecule has 14 heavy (non-hydrogen) atoms.